The lowest BCUT2D eigenvalue weighted by atomic mass is 10.3. The third-order valence-corrected chi connectivity index (χ3v) is 2.76. The molecule has 2 aromatic rings. The summed E-state index contributed by atoms with van der Waals surface area (Å²) in [6.07, 6.45) is 3.12. The Morgan fingerprint density at radius 3 is 2.94 bits per heavy atom. The van der Waals surface area contributed by atoms with Gasteiger partial charge in [0.25, 0.3) is 0 Å². The summed E-state index contributed by atoms with van der Waals surface area (Å²) >= 11 is 11.9. The van der Waals surface area contributed by atoms with Gasteiger partial charge in [-0.1, -0.05) is 23.2 Å². The maximum absolute atomic E-state index is 6.03. The first kappa shape index (κ1) is 13.1. The Bertz CT molecular complexity index is 549. The molecule has 0 saturated carbocycles. The Morgan fingerprint density at radius 1 is 1.33 bits per heavy atom. The van der Waals surface area contributed by atoms with Crippen LogP contribution in [0.2, 0.25) is 10.0 Å². The van der Waals surface area contributed by atoms with Crippen LogP contribution in [0.1, 0.15) is 5.56 Å². The summed E-state index contributed by atoms with van der Waals surface area (Å²) in [5, 5.41) is 4.05. The first-order valence-electron chi connectivity index (χ1n) is 5.27. The smallest absolute Gasteiger partial charge is 0.226 e. The predicted molar refractivity (Wildman–Crippen MR) is 71.3 cm³/mol. The number of hydrogen-bond acceptors (Lipinski definition) is 4. The molecule has 1 heterocycles. The highest BCUT2D eigenvalue weighted by molar-refractivity contribution is 6.34. The Kier molecular flexibility index (Phi) is 4.36. The summed E-state index contributed by atoms with van der Waals surface area (Å²) in [5.41, 5.74) is 0.844. The zero-order chi connectivity index (χ0) is 13.0. The Hall–Kier alpha value is -1.36. The van der Waals surface area contributed by atoms with Crippen LogP contribution in [0.15, 0.2) is 30.7 Å². The maximum atomic E-state index is 6.03. The number of hydrogen-bond donors (Lipinski definition) is 1. The minimum absolute atomic E-state index is 0.462. The Balaban J connectivity index is 2.30. The van der Waals surface area contributed by atoms with E-state index in [-0.39, 0.29) is 0 Å². The van der Waals surface area contributed by atoms with Gasteiger partial charge in [0.1, 0.15) is 12.1 Å². The summed E-state index contributed by atoms with van der Waals surface area (Å²) in [4.78, 5) is 8.04. The second-order valence-corrected chi connectivity index (χ2v) is 4.40. The van der Waals surface area contributed by atoms with E-state index in [0.717, 1.165) is 5.56 Å². The standard InChI is InChI=1S/C12H11Cl2N3O/c1-15-5-8-6-16-7-17-12(8)18-11-4-9(13)2-3-10(11)14/h2-4,6-7,15H,5H2,1H3. The summed E-state index contributed by atoms with van der Waals surface area (Å²) in [6, 6.07) is 5.03. The fraction of sp³-hybridized carbons (Fsp3) is 0.167. The van der Waals surface area contributed by atoms with Crippen molar-refractivity contribution in [1.29, 1.82) is 0 Å². The normalized spacial score (nSPS) is 10.4. The van der Waals surface area contributed by atoms with Gasteiger partial charge in [-0.3, -0.25) is 0 Å². The first-order valence-corrected chi connectivity index (χ1v) is 6.02. The van der Waals surface area contributed by atoms with Gasteiger partial charge in [-0.05, 0) is 19.2 Å². The molecule has 0 aliphatic carbocycles. The number of aromatic nitrogens is 2. The van der Waals surface area contributed by atoms with Crippen molar-refractivity contribution < 1.29 is 4.74 Å². The van der Waals surface area contributed by atoms with Crippen LogP contribution in [0, 0.1) is 0 Å². The lowest BCUT2D eigenvalue weighted by molar-refractivity contribution is 0.452. The van der Waals surface area contributed by atoms with Gasteiger partial charge < -0.3 is 10.1 Å². The molecule has 0 bridgehead atoms. The van der Waals surface area contributed by atoms with Gasteiger partial charge in [0.05, 0.1) is 5.02 Å². The second-order valence-electron chi connectivity index (χ2n) is 3.56. The molecule has 94 valence electrons. The van der Waals surface area contributed by atoms with Crippen LogP contribution in [-0.2, 0) is 6.54 Å². The number of ether oxygens (including phenoxy) is 1. The summed E-state index contributed by atoms with van der Waals surface area (Å²) in [6.45, 7) is 0.606. The average Bonchev–Trinajstić information content (AvgIpc) is 2.36. The van der Waals surface area contributed by atoms with Crippen molar-refractivity contribution in [1.82, 2.24) is 15.3 Å². The third kappa shape index (κ3) is 3.10. The fourth-order valence-electron chi connectivity index (χ4n) is 1.41. The number of nitrogens with one attached hydrogen (secondary N) is 1. The van der Waals surface area contributed by atoms with Crippen molar-refractivity contribution in [3.63, 3.8) is 0 Å². The minimum atomic E-state index is 0.462. The molecular formula is C12H11Cl2N3O. The van der Waals surface area contributed by atoms with Crippen molar-refractivity contribution in [2.24, 2.45) is 0 Å². The second kappa shape index (κ2) is 6.00. The van der Waals surface area contributed by atoms with E-state index in [4.69, 9.17) is 27.9 Å². The number of nitrogens with zero attached hydrogens (tertiary/aromatic N) is 2. The Morgan fingerprint density at radius 2 is 2.17 bits per heavy atom. The van der Waals surface area contributed by atoms with Crippen molar-refractivity contribution in [3.8, 4) is 11.6 Å². The molecule has 1 N–H and O–H groups in total. The van der Waals surface area contributed by atoms with Crippen molar-refractivity contribution >= 4 is 23.2 Å². The van der Waals surface area contributed by atoms with Crippen LogP contribution >= 0.6 is 23.2 Å². The zero-order valence-electron chi connectivity index (χ0n) is 9.65. The van der Waals surface area contributed by atoms with E-state index in [1.807, 2.05) is 7.05 Å². The van der Waals surface area contributed by atoms with E-state index in [1.54, 1.807) is 24.4 Å². The van der Waals surface area contributed by atoms with E-state index >= 15 is 0 Å². The molecule has 0 aliphatic rings. The molecule has 2 rings (SSSR count). The van der Waals surface area contributed by atoms with Gasteiger partial charge in [0.15, 0.2) is 0 Å². The fourth-order valence-corrected chi connectivity index (χ4v) is 1.73. The van der Waals surface area contributed by atoms with Crippen molar-refractivity contribution in [2.75, 3.05) is 7.05 Å². The molecule has 0 amide bonds. The summed E-state index contributed by atoms with van der Waals surface area (Å²) in [5.74, 6) is 0.934. The largest absolute Gasteiger partial charge is 0.437 e. The maximum Gasteiger partial charge on any atom is 0.226 e. The number of halogens is 2. The highest BCUT2D eigenvalue weighted by atomic mass is 35.5. The zero-order valence-corrected chi connectivity index (χ0v) is 11.2. The molecule has 0 saturated heterocycles. The highest BCUT2D eigenvalue weighted by Crippen LogP contribution is 2.32. The highest BCUT2D eigenvalue weighted by Gasteiger charge is 2.09. The summed E-state index contributed by atoms with van der Waals surface area (Å²) < 4.78 is 5.67. The monoisotopic (exact) mass is 283 g/mol. The third-order valence-electron chi connectivity index (χ3n) is 2.21. The van der Waals surface area contributed by atoms with E-state index in [1.165, 1.54) is 6.33 Å². The molecule has 0 unspecified atom stereocenters. The lowest BCUT2D eigenvalue weighted by Gasteiger charge is -2.10. The quantitative estimate of drug-likeness (QED) is 0.935. The van der Waals surface area contributed by atoms with Gasteiger partial charge in [0, 0.05) is 29.4 Å². The van der Waals surface area contributed by atoms with Crippen LogP contribution in [-0.4, -0.2) is 17.0 Å². The first-order chi connectivity index (χ1) is 8.70. The van der Waals surface area contributed by atoms with Crippen LogP contribution < -0.4 is 10.1 Å². The van der Waals surface area contributed by atoms with Gasteiger partial charge in [-0.25, -0.2) is 9.97 Å². The molecule has 0 aliphatic heterocycles. The van der Waals surface area contributed by atoms with Crippen LogP contribution in [0.25, 0.3) is 0 Å². The molecule has 1 aromatic carbocycles. The molecule has 0 fully saturated rings. The summed E-state index contributed by atoms with van der Waals surface area (Å²) in [7, 11) is 1.84. The molecule has 6 heteroatoms. The van der Waals surface area contributed by atoms with Gasteiger partial charge >= 0.3 is 0 Å². The number of rotatable bonds is 4. The molecule has 18 heavy (non-hydrogen) atoms. The van der Waals surface area contributed by atoms with Gasteiger partial charge in [0.2, 0.25) is 5.88 Å². The lowest BCUT2D eigenvalue weighted by Crippen LogP contribution is -2.07. The molecule has 0 spiro atoms. The molecule has 1 aromatic heterocycles. The van der Waals surface area contributed by atoms with Gasteiger partial charge in [-0.2, -0.15) is 0 Å². The van der Waals surface area contributed by atoms with Crippen LogP contribution in [0.5, 0.6) is 11.6 Å². The minimum Gasteiger partial charge on any atom is -0.437 e. The Labute approximate surface area is 115 Å². The topological polar surface area (TPSA) is 47.0 Å². The molecule has 0 atom stereocenters. The van der Waals surface area contributed by atoms with Crippen molar-refractivity contribution in [2.45, 2.75) is 6.54 Å². The van der Waals surface area contributed by atoms with Crippen LogP contribution in [0.3, 0.4) is 0 Å². The van der Waals surface area contributed by atoms with E-state index < -0.39 is 0 Å². The predicted octanol–water partition coefficient (Wildman–Crippen LogP) is 3.30. The van der Waals surface area contributed by atoms with E-state index in [9.17, 15) is 0 Å². The van der Waals surface area contributed by atoms with Crippen LogP contribution in [0.4, 0.5) is 0 Å². The SMILES string of the molecule is CNCc1cncnc1Oc1cc(Cl)ccc1Cl. The molecule has 4 nitrogen and oxygen atoms in total. The number of benzene rings is 1. The van der Waals surface area contributed by atoms with Gasteiger partial charge in [-0.15, -0.1) is 0 Å². The van der Waals surface area contributed by atoms with E-state index in [2.05, 4.69) is 15.3 Å². The molecular weight excluding hydrogens is 273 g/mol. The van der Waals surface area contributed by atoms with E-state index in [0.29, 0.717) is 28.2 Å². The molecule has 0 radical (unpaired) electrons. The van der Waals surface area contributed by atoms with Crippen molar-refractivity contribution in [3.05, 3.63) is 46.3 Å². The average molecular weight is 284 g/mol.